The highest BCUT2D eigenvalue weighted by molar-refractivity contribution is 7.90. The standard InChI is InChI=1S/C66H105N15O18S2/c1-31-33(3)51(35(5)41-29-65(17,18)98-49(31)41)100(92,93)80-61(69)71-25-21-23-43(67)57(88)74-38(8)55(86)79-46(28-48(83)97-64(14,15)16)60(91)76-39(9)54(85)77-44(58(89)75-40(10)56(87)78-45(27-47(82)96-63(11,12)13)59(90)73-37(7)53(68)84)24-22-26-72-62(70)81-101(94,95)52-34(4)32(2)50-42(36(52)6)30-66(19,20)99-50/h37-40,43-46H,21-30,67H2,1-20H3,(H2,68,84)(H,73,90)(H,74,88)(H,75,89)(H,76,91)(H,77,85)(H,78,87)(H,79,86)(H3,69,71,80)(H3,70,72,81)/t37-,38-,39-,40-,43-,44-,45-,46-/m0/s1. The summed E-state index contributed by atoms with van der Waals surface area (Å²) in [6, 6.07) is -12.0. The fraction of sp³-hybridized carbons (Fsp3) is 0.636. The van der Waals surface area contributed by atoms with Crippen LogP contribution in [0.5, 0.6) is 11.5 Å². The van der Waals surface area contributed by atoms with Crippen molar-refractivity contribution >= 4 is 91.2 Å². The summed E-state index contributed by atoms with van der Waals surface area (Å²) in [6.07, 6.45) is -0.859. The Balaban J connectivity index is 1.51. The summed E-state index contributed by atoms with van der Waals surface area (Å²) in [6.45, 7) is 31.8. The van der Waals surface area contributed by atoms with Crippen molar-refractivity contribution in [2.75, 3.05) is 13.1 Å². The minimum Gasteiger partial charge on any atom is -0.487 e. The lowest BCUT2D eigenvalue weighted by Gasteiger charge is -2.26. The smallest absolute Gasteiger partial charge is 0.308 e. The molecule has 8 atom stereocenters. The second kappa shape index (κ2) is 33.7. The molecule has 17 N–H and O–H groups in total. The minimum atomic E-state index is -4.34. The van der Waals surface area contributed by atoms with E-state index in [4.69, 9.17) is 41.9 Å². The van der Waals surface area contributed by atoms with E-state index in [1.165, 1.54) is 27.7 Å². The zero-order valence-electron chi connectivity index (χ0n) is 61.6. The number of hydrogen-bond acceptors (Lipinski definition) is 21. The van der Waals surface area contributed by atoms with Crippen molar-refractivity contribution in [2.45, 2.75) is 270 Å². The monoisotopic (exact) mass is 1460 g/mol. The highest BCUT2D eigenvalue weighted by atomic mass is 32.2. The molecule has 0 spiro atoms. The molecular weight excluding hydrogens is 1350 g/mol. The van der Waals surface area contributed by atoms with Crippen LogP contribution in [-0.4, -0.2) is 172 Å². The van der Waals surface area contributed by atoms with Crippen LogP contribution in [0.1, 0.15) is 180 Å². The maximum Gasteiger partial charge on any atom is 0.308 e. The van der Waals surface area contributed by atoms with Gasteiger partial charge in [-0.3, -0.25) is 57.9 Å². The Morgan fingerprint density at radius 3 is 1.13 bits per heavy atom. The van der Waals surface area contributed by atoms with Crippen molar-refractivity contribution in [3.8, 4) is 11.5 Å². The molecule has 35 heteroatoms. The molecule has 0 aliphatic carbocycles. The molecule has 33 nitrogen and oxygen atoms in total. The van der Waals surface area contributed by atoms with Crippen LogP contribution < -0.4 is 79.1 Å². The van der Waals surface area contributed by atoms with Gasteiger partial charge < -0.3 is 79.1 Å². The first-order valence-electron chi connectivity index (χ1n) is 33.1. The molecule has 2 aliphatic rings. The SMILES string of the molecule is Cc1c(C)c(S(=O)(=O)NC(N)=NCCC[C@H](NC(=O)[C@H](C)NC(=O)[C@H](CC(=O)OC(C)(C)C)NC(=O)[C@H](C)NC(=O)[C@@H](N)CCCN=C(N)NS(=O)(=O)c2c(C)c(C)c3c(c2C)CC(C)(C)O3)C(=O)N[C@@H](C)C(=O)N[C@@H](CC(=O)OC(C)(C)C)C(=O)N[C@@H](C)C(N)=O)c(C)c2c1OC(C)(C)C2. The number of benzene rings is 2. The van der Waals surface area contributed by atoms with E-state index in [2.05, 4.69) is 56.6 Å². The number of nitrogens with zero attached hydrogens (tertiary/aromatic N) is 2. The summed E-state index contributed by atoms with van der Waals surface area (Å²) in [4.78, 5) is 143. The molecule has 0 saturated carbocycles. The molecule has 2 heterocycles. The van der Waals surface area contributed by atoms with Crippen LogP contribution in [-0.2, 0) is 90.3 Å². The first-order valence-corrected chi connectivity index (χ1v) is 36.0. The Hall–Kier alpha value is -8.86. The normalized spacial score (nSPS) is 16.6. The van der Waals surface area contributed by atoms with E-state index in [-0.39, 0.29) is 48.6 Å². The van der Waals surface area contributed by atoms with Gasteiger partial charge in [-0.25, -0.2) is 26.3 Å². The zero-order valence-corrected chi connectivity index (χ0v) is 63.2. The van der Waals surface area contributed by atoms with E-state index in [1.54, 1.807) is 83.1 Å². The van der Waals surface area contributed by atoms with Gasteiger partial charge in [-0.2, -0.15) is 0 Å². The summed E-state index contributed by atoms with van der Waals surface area (Å²) in [5.41, 5.74) is 25.2. The lowest BCUT2D eigenvalue weighted by atomic mass is 9.94. The number of aliphatic imine (C=N–C) groups is 2. The lowest BCUT2D eigenvalue weighted by molar-refractivity contribution is -0.157. The fourth-order valence-corrected chi connectivity index (χ4v) is 14.1. The highest BCUT2D eigenvalue weighted by Gasteiger charge is 2.40. The van der Waals surface area contributed by atoms with E-state index >= 15 is 0 Å². The van der Waals surface area contributed by atoms with E-state index in [0.29, 0.717) is 57.7 Å². The number of sulfonamides is 2. The molecule has 2 aliphatic heterocycles. The second-order valence-electron chi connectivity index (χ2n) is 28.8. The number of carbonyl (C=O) groups is 10. The Kier molecular flexibility index (Phi) is 28.2. The number of amides is 8. The Bertz CT molecular complexity index is 3840. The van der Waals surface area contributed by atoms with Crippen molar-refractivity contribution in [1.29, 1.82) is 0 Å². The van der Waals surface area contributed by atoms with Gasteiger partial charge in [-0.1, -0.05) is 0 Å². The number of esters is 2. The number of nitrogens with one attached hydrogen (secondary N) is 9. The van der Waals surface area contributed by atoms with Gasteiger partial charge in [0.2, 0.25) is 59.2 Å². The van der Waals surface area contributed by atoms with Gasteiger partial charge in [0, 0.05) is 37.1 Å². The molecule has 0 bridgehead atoms. The molecule has 8 amide bonds. The van der Waals surface area contributed by atoms with Crippen LogP contribution >= 0.6 is 0 Å². The third-order valence-corrected chi connectivity index (χ3v) is 19.6. The van der Waals surface area contributed by atoms with Gasteiger partial charge in [-0.05, 0) is 198 Å². The second-order valence-corrected chi connectivity index (χ2v) is 32.1. The Labute approximate surface area is 591 Å². The number of rotatable bonds is 31. The average molecular weight is 1460 g/mol. The highest BCUT2D eigenvalue weighted by Crippen LogP contribution is 2.45. The van der Waals surface area contributed by atoms with Crippen molar-refractivity contribution in [2.24, 2.45) is 32.9 Å². The van der Waals surface area contributed by atoms with Gasteiger partial charge in [0.25, 0.3) is 20.0 Å². The van der Waals surface area contributed by atoms with Crippen LogP contribution in [0, 0.1) is 41.5 Å². The summed E-state index contributed by atoms with van der Waals surface area (Å²) in [7, 11) is -8.55. The molecular formula is C66H105N15O18S2. The third kappa shape index (κ3) is 24.2. The van der Waals surface area contributed by atoms with E-state index < -0.39 is 175 Å². The average Bonchev–Trinajstić information content (AvgIpc) is 1.66. The number of fused-ring (bicyclic) bond motifs is 2. The zero-order chi connectivity index (χ0) is 77.2. The molecule has 101 heavy (non-hydrogen) atoms. The molecule has 0 radical (unpaired) electrons. The van der Waals surface area contributed by atoms with Crippen molar-refractivity contribution in [3.63, 3.8) is 0 Å². The minimum absolute atomic E-state index is 0.0121. The van der Waals surface area contributed by atoms with Crippen molar-refractivity contribution in [3.05, 3.63) is 44.5 Å². The maximum absolute atomic E-state index is 14.3. The van der Waals surface area contributed by atoms with E-state index in [9.17, 15) is 64.8 Å². The Morgan fingerprint density at radius 1 is 0.465 bits per heavy atom. The van der Waals surface area contributed by atoms with Crippen LogP contribution in [0.3, 0.4) is 0 Å². The van der Waals surface area contributed by atoms with Crippen LogP contribution in [0.25, 0.3) is 0 Å². The molecule has 4 rings (SSSR count). The summed E-state index contributed by atoms with van der Waals surface area (Å²) in [5.74, 6) is -9.46. The van der Waals surface area contributed by atoms with E-state index in [0.717, 1.165) is 11.1 Å². The first kappa shape index (κ1) is 84.6. The van der Waals surface area contributed by atoms with Crippen molar-refractivity contribution < 1.29 is 83.7 Å². The summed E-state index contributed by atoms with van der Waals surface area (Å²) < 4.78 is 82.9. The molecule has 0 aromatic heterocycles. The molecule has 2 aromatic carbocycles. The summed E-state index contributed by atoms with van der Waals surface area (Å²) >= 11 is 0. The van der Waals surface area contributed by atoms with Crippen molar-refractivity contribution in [1.82, 2.24) is 46.7 Å². The fourth-order valence-electron chi connectivity index (χ4n) is 11.1. The summed E-state index contributed by atoms with van der Waals surface area (Å²) in [5, 5.41) is 16.9. The van der Waals surface area contributed by atoms with Gasteiger partial charge in [0.1, 0.15) is 76.2 Å². The number of nitrogens with two attached hydrogens (primary N) is 4. The van der Waals surface area contributed by atoms with Crippen LogP contribution in [0.15, 0.2) is 19.8 Å². The number of carbonyl (C=O) groups excluding carboxylic acids is 10. The maximum atomic E-state index is 14.3. The third-order valence-electron chi connectivity index (χ3n) is 16.3. The molecule has 2 aromatic rings. The number of hydrogen-bond donors (Lipinski definition) is 13. The Morgan fingerprint density at radius 2 is 0.782 bits per heavy atom. The van der Waals surface area contributed by atoms with Gasteiger partial charge in [-0.15, -0.1) is 0 Å². The molecule has 0 unspecified atom stereocenters. The number of ether oxygens (including phenoxy) is 4. The lowest BCUT2D eigenvalue weighted by Crippen LogP contribution is -2.59. The molecule has 0 fully saturated rings. The van der Waals surface area contributed by atoms with Gasteiger partial charge >= 0.3 is 11.9 Å². The van der Waals surface area contributed by atoms with E-state index in [1.807, 2.05) is 27.7 Å². The van der Waals surface area contributed by atoms with Crippen LogP contribution in [0.2, 0.25) is 0 Å². The van der Waals surface area contributed by atoms with Gasteiger partial charge in [0.05, 0.1) is 28.7 Å². The predicted octanol–water partition coefficient (Wildman–Crippen LogP) is 0.160. The first-order chi connectivity index (χ1) is 46.2. The number of primary amides is 1. The largest absolute Gasteiger partial charge is 0.487 e. The molecule has 0 saturated heterocycles. The predicted molar refractivity (Wildman–Crippen MR) is 375 cm³/mol. The topological polar surface area (TPSA) is 513 Å². The quantitative estimate of drug-likeness (QED) is 0.0207. The molecule has 564 valence electrons. The number of guanidine groups is 2. The van der Waals surface area contributed by atoms with Crippen LogP contribution in [0.4, 0.5) is 0 Å². The van der Waals surface area contributed by atoms with Gasteiger partial charge in [0.15, 0.2) is 0 Å².